The first-order valence-electron chi connectivity index (χ1n) is 7.85. The van der Waals surface area contributed by atoms with E-state index in [0.717, 1.165) is 12.0 Å². The standard InChI is InChI=1S/C15H31N3/c1-17(2)15-7-10-18(11-8-15)12-9-16-13-14-5-3-4-6-14/h14-16H,3-13H2,1-2H3. The molecule has 0 unspecified atom stereocenters. The molecule has 0 spiro atoms. The quantitative estimate of drug-likeness (QED) is 0.728. The molecule has 0 atom stereocenters. The molecule has 0 bridgehead atoms. The highest BCUT2D eigenvalue weighted by Gasteiger charge is 2.20. The molecular weight excluding hydrogens is 222 g/mol. The van der Waals surface area contributed by atoms with Gasteiger partial charge in [-0.25, -0.2) is 0 Å². The Labute approximate surface area is 113 Å². The highest BCUT2D eigenvalue weighted by Crippen LogP contribution is 2.23. The molecule has 1 aliphatic carbocycles. The molecule has 0 aromatic rings. The first kappa shape index (κ1) is 14.3. The van der Waals surface area contributed by atoms with E-state index in [-0.39, 0.29) is 0 Å². The van der Waals surface area contributed by atoms with E-state index in [4.69, 9.17) is 0 Å². The van der Waals surface area contributed by atoms with Crippen molar-refractivity contribution in [2.45, 2.75) is 44.6 Å². The van der Waals surface area contributed by atoms with Gasteiger partial charge in [0, 0.05) is 19.1 Å². The molecule has 0 aromatic carbocycles. The zero-order chi connectivity index (χ0) is 12.8. The maximum Gasteiger partial charge on any atom is 0.0113 e. The molecule has 2 fully saturated rings. The summed E-state index contributed by atoms with van der Waals surface area (Å²) >= 11 is 0. The molecule has 1 N–H and O–H groups in total. The Kier molecular flexibility index (Phi) is 5.93. The van der Waals surface area contributed by atoms with E-state index < -0.39 is 0 Å². The van der Waals surface area contributed by atoms with Crippen molar-refractivity contribution in [1.82, 2.24) is 15.1 Å². The van der Waals surface area contributed by atoms with Gasteiger partial charge in [-0.1, -0.05) is 12.8 Å². The minimum atomic E-state index is 0.813. The van der Waals surface area contributed by atoms with E-state index in [1.165, 1.54) is 71.2 Å². The maximum atomic E-state index is 3.66. The van der Waals surface area contributed by atoms with Crippen molar-refractivity contribution in [2.75, 3.05) is 46.8 Å². The van der Waals surface area contributed by atoms with Crippen LogP contribution in [0.1, 0.15) is 38.5 Å². The molecule has 0 aromatic heterocycles. The summed E-state index contributed by atoms with van der Waals surface area (Å²) < 4.78 is 0. The predicted octanol–water partition coefficient (Wildman–Crippen LogP) is 1.79. The van der Waals surface area contributed by atoms with Gasteiger partial charge in [0.05, 0.1) is 0 Å². The van der Waals surface area contributed by atoms with Crippen LogP contribution in [0.2, 0.25) is 0 Å². The van der Waals surface area contributed by atoms with Crippen LogP contribution < -0.4 is 5.32 Å². The SMILES string of the molecule is CN(C)C1CCN(CCNCC2CCCC2)CC1. The Morgan fingerprint density at radius 3 is 2.33 bits per heavy atom. The van der Waals surface area contributed by atoms with Crippen LogP contribution in [-0.2, 0) is 0 Å². The summed E-state index contributed by atoms with van der Waals surface area (Å²) in [5.41, 5.74) is 0. The predicted molar refractivity (Wildman–Crippen MR) is 78.0 cm³/mol. The van der Waals surface area contributed by atoms with Crippen LogP contribution in [0.15, 0.2) is 0 Å². The van der Waals surface area contributed by atoms with Crippen LogP contribution in [-0.4, -0.2) is 62.7 Å². The fourth-order valence-corrected chi connectivity index (χ4v) is 3.42. The number of nitrogens with one attached hydrogen (secondary N) is 1. The lowest BCUT2D eigenvalue weighted by Gasteiger charge is -2.35. The summed E-state index contributed by atoms with van der Waals surface area (Å²) in [5.74, 6) is 0.976. The number of piperidine rings is 1. The monoisotopic (exact) mass is 253 g/mol. The van der Waals surface area contributed by atoms with Crippen molar-refractivity contribution in [3.8, 4) is 0 Å². The average molecular weight is 253 g/mol. The Morgan fingerprint density at radius 2 is 1.72 bits per heavy atom. The van der Waals surface area contributed by atoms with Crippen LogP contribution in [0.5, 0.6) is 0 Å². The van der Waals surface area contributed by atoms with Gasteiger partial charge < -0.3 is 15.1 Å². The third kappa shape index (κ3) is 4.52. The molecular formula is C15H31N3. The van der Waals surface area contributed by atoms with Crippen LogP contribution in [0.3, 0.4) is 0 Å². The average Bonchev–Trinajstić information content (AvgIpc) is 2.88. The van der Waals surface area contributed by atoms with Crippen molar-refractivity contribution in [1.29, 1.82) is 0 Å². The molecule has 18 heavy (non-hydrogen) atoms. The molecule has 1 aliphatic heterocycles. The fraction of sp³-hybridized carbons (Fsp3) is 1.00. The van der Waals surface area contributed by atoms with Gasteiger partial charge in [0.1, 0.15) is 0 Å². The number of likely N-dealkylation sites (tertiary alicyclic amines) is 1. The second-order valence-corrected chi connectivity index (χ2v) is 6.39. The lowest BCUT2D eigenvalue weighted by molar-refractivity contribution is 0.145. The molecule has 0 radical (unpaired) electrons. The first-order chi connectivity index (χ1) is 8.75. The first-order valence-corrected chi connectivity index (χ1v) is 7.85. The van der Waals surface area contributed by atoms with E-state index in [1.54, 1.807) is 0 Å². The van der Waals surface area contributed by atoms with Gasteiger partial charge >= 0.3 is 0 Å². The molecule has 1 saturated carbocycles. The van der Waals surface area contributed by atoms with Gasteiger partial charge in [-0.15, -0.1) is 0 Å². The van der Waals surface area contributed by atoms with E-state index >= 15 is 0 Å². The largest absolute Gasteiger partial charge is 0.315 e. The summed E-state index contributed by atoms with van der Waals surface area (Å²) in [5, 5.41) is 3.66. The minimum Gasteiger partial charge on any atom is -0.315 e. The zero-order valence-electron chi connectivity index (χ0n) is 12.3. The number of hydrogen-bond acceptors (Lipinski definition) is 3. The summed E-state index contributed by atoms with van der Waals surface area (Å²) in [7, 11) is 4.42. The van der Waals surface area contributed by atoms with Crippen LogP contribution in [0.4, 0.5) is 0 Å². The van der Waals surface area contributed by atoms with Gasteiger partial charge in [0.15, 0.2) is 0 Å². The molecule has 1 saturated heterocycles. The summed E-state index contributed by atoms with van der Waals surface area (Å²) in [4.78, 5) is 5.01. The normalized spacial score (nSPS) is 24.2. The number of rotatable bonds is 6. The number of nitrogens with zero attached hydrogens (tertiary/aromatic N) is 2. The van der Waals surface area contributed by atoms with E-state index in [1.807, 2.05) is 0 Å². The number of hydrogen-bond donors (Lipinski definition) is 1. The second-order valence-electron chi connectivity index (χ2n) is 6.39. The molecule has 1 heterocycles. The molecule has 0 amide bonds. The Hall–Kier alpha value is -0.120. The smallest absolute Gasteiger partial charge is 0.0113 e. The van der Waals surface area contributed by atoms with Gasteiger partial charge in [-0.2, -0.15) is 0 Å². The van der Waals surface area contributed by atoms with Gasteiger partial charge in [-0.3, -0.25) is 0 Å². The van der Waals surface area contributed by atoms with E-state index in [9.17, 15) is 0 Å². The molecule has 2 rings (SSSR count). The molecule has 3 heteroatoms. The van der Waals surface area contributed by atoms with Gasteiger partial charge in [-0.05, 0) is 65.3 Å². The highest BCUT2D eigenvalue weighted by molar-refractivity contribution is 4.77. The van der Waals surface area contributed by atoms with Crippen molar-refractivity contribution in [2.24, 2.45) is 5.92 Å². The van der Waals surface area contributed by atoms with Crippen LogP contribution in [0.25, 0.3) is 0 Å². The third-order valence-corrected chi connectivity index (χ3v) is 4.80. The van der Waals surface area contributed by atoms with Crippen molar-refractivity contribution >= 4 is 0 Å². The maximum absolute atomic E-state index is 3.66. The minimum absolute atomic E-state index is 0.813. The fourth-order valence-electron chi connectivity index (χ4n) is 3.42. The molecule has 3 nitrogen and oxygen atoms in total. The van der Waals surface area contributed by atoms with E-state index in [2.05, 4.69) is 29.2 Å². The van der Waals surface area contributed by atoms with Crippen LogP contribution >= 0.6 is 0 Å². The van der Waals surface area contributed by atoms with Gasteiger partial charge in [0.2, 0.25) is 0 Å². The summed E-state index contributed by atoms with van der Waals surface area (Å²) in [6.07, 6.45) is 8.53. The third-order valence-electron chi connectivity index (χ3n) is 4.80. The van der Waals surface area contributed by atoms with Crippen molar-refractivity contribution in [3.05, 3.63) is 0 Å². The highest BCUT2D eigenvalue weighted by atomic mass is 15.2. The van der Waals surface area contributed by atoms with E-state index in [0.29, 0.717) is 0 Å². The summed E-state index contributed by atoms with van der Waals surface area (Å²) in [6.45, 7) is 6.26. The topological polar surface area (TPSA) is 18.5 Å². The Balaban J connectivity index is 1.50. The molecule has 106 valence electrons. The summed E-state index contributed by atoms with van der Waals surface area (Å²) in [6, 6.07) is 0.813. The van der Waals surface area contributed by atoms with Crippen molar-refractivity contribution < 1.29 is 0 Å². The Bertz CT molecular complexity index is 216. The van der Waals surface area contributed by atoms with Gasteiger partial charge in [0.25, 0.3) is 0 Å². The Morgan fingerprint density at radius 1 is 1.06 bits per heavy atom. The van der Waals surface area contributed by atoms with Crippen molar-refractivity contribution in [3.63, 3.8) is 0 Å². The lowest BCUT2D eigenvalue weighted by Crippen LogP contribution is -2.44. The second kappa shape index (κ2) is 7.46. The molecule has 2 aliphatic rings. The van der Waals surface area contributed by atoms with Crippen LogP contribution in [0, 0.1) is 5.92 Å². The lowest BCUT2D eigenvalue weighted by atomic mass is 10.0. The zero-order valence-corrected chi connectivity index (χ0v) is 12.3.